The number of aromatic nitrogens is 4. The van der Waals surface area contributed by atoms with Crippen LogP contribution in [-0.2, 0) is 7.05 Å². The van der Waals surface area contributed by atoms with Gasteiger partial charge in [-0.1, -0.05) is 0 Å². The molecule has 136 valence electrons. The van der Waals surface area contributed by atoms with Crippen molar-refractivity contribution < 1.29 is 4.79 Å². The van der Waals surface area contributed by atoms with Crippen LogP contribution in [0.2, 0.25) is 0 Å². The number of nitrogens with zero attached hydrogens (tertiary/aromatic N) is 4. The zero-order valence-corrected chi connectivity index (χ0v) is 15.4. The van der Waals surface area contributed by atoms with Crippen LogP contribution in [0.4, 0.5) is 5.82 Å². The third-order valence-electron chi connectivity index (χ3n) is 5.00. The van der Waals surface area contributed by atoms with Gasteiger partial charge in [0, 0.05) is 37.6 Å². The SMILES string of the molecule is Cc1cc(C(=O)NC2CCCN(c3cc(C)nn3C)C2)c2[nH]ncc2c1. The molecule has 1 saturated heterocycles. The van der Waals surface area contributed by atoms with Crippen molar-refractivity contribution in [2.75, 3.05) is 18.0 Å². The van der Waals surface area contributed by atoms with E-state index in [0.29, 0.717) is 5.56 Å². The zero-order valence-electron chi connectivity index (χ0n) is 15.4. The molecule has 1 fully saturated rings. The van der Waals surface area contributed by atoms with Crippen molar-refractivity contribution in [1.29, 1.82) is 0 Å². The first kappa shape index (κ1) is 16.6. The van der Waals surface area contributed by atoms with Crippen LogP contribution in [0.1, 0.15) is 34.5 Å². The highest BCUT2D eigenvalue weighted by molar-refractivity contribution is 6.05. The number of aryl methyl sites for hydroxylation is 3. The zero-order chi connectivity index (χ0) is 18.3. The lowest BCUT2D eigenvalue weighted by Crippen LogP contribution is -2.48. The van der Waals surface area contributed by atoms with E-state index in [2.05, 4.69) is 31.6 Å². The summed E-state index contributed by atoms with van der Waals surface area (Å²) in [7, 11) is 1.96. The summed E-state index contributed by atoms with van der Waals surface area (Å²) in [6, 6.07) is 6.16. The number of carbonyl (C=O) groups is 1. The van der Waals surface area contributed by atoms with Crippen molar-refractivity contribution in [3.05, 3.63) is 41.2 Å². The Morgan fingerprint density at radius 1 is 1.31 bits per heavy atom. The lowest BCUT2D eigenvalue weighted by Gasteiger charge is -2.34. The first-order chi connectivity index (χ1) is 12.5. The molecule has 0 bridgehead atoms. The molecule has 3 heterocycles. The highest BCUT2D eigenvalue weighted by Gasteiger charge is 2.24. The second-order valence-electron chi connectivity index (χ2n) is 7.17. The number of piperidine rings is 1. The second kappa shape index (κ2) is 6.48. The summed E-state index contributed by atoms with van der Waals surface area (Å²) in [4.78, 5) is 15.2. The standard InChI is InChI=1S/C19H24N6O/c1-12-7-14-10-20-22-18(14)16(8-12)19(26)21-15-5-4-6-25(11-15)17-9-13(2)23-24(17)3/h7-10,15H,4-6,11H2,1-3H3,(H,20,22)(H,21,26). The van der Waals surface area contributed by atoms with Crippen LogP contribution in [-0.4, -0.2) is 45.0 Å². The van der Waals surface area contributed by atoms with Crippen molar-refractivity contribution in [2.24, 2.45) is 7.05 Å². The van der Waals surface area contributed by atoms with Crippen molar-refractivity contribution >= 4 is 22.6 Å². The number of hydrogen-bond donors (Lipinski definition) is 2. The monoisotopic (exact) mass is 352 g/mol. The number of fused-ring (bicyclic) bond motifs is 1. The highest BCUT2D eigenvalue weighted by atomic mass is 16.1. The van der Waals surface area contributed by atoms with Gasteiger partial charge >= 0.3 is 0 Å². The van der Waals surface area contributed by atoms with Gasteiger partial charge in [-0.2, -0.15) is 10.2 Å². The molecule has 2 aromatic heterocycles. The first-order valence-electron chi connectivity index (χ1n) is 9.01. The molecule has 1 amide bonds. The number of carbonyl (C=O) groups excluding carboxylic acids is 1. The number of H-pyrrole nitrogens is 1. The smallest absolute Gasteiger partial charge is 0.253 e. The van der Waals surface area contributed by atoms with Gasteiger partial charge in [-0.15, -0.1) is 0 Å². The Morgan fingerprint density at radius 2 is 2.15 bits per heavy atom. The Hall–Kier alpha value is -2.83. The van der Waals surface area contributed by atoms with Gasteiger partial charge in [0.05, 0.1) is 23.0 Å². The predicted molar refractivity (Wildman–Crippen MR) is 101 cm³/mol. The van der Waals surface area contributed by atoms with Crippen LogP contribution in [0.25, 0.3) is 10.9 Å². The van der Waals surface area contributed by atoms with Gasteiger partial charge in [-0.05, 0) is 44.4 Å². The predicted octanol–water partition coefficient (Wildman–Crippen LogP) is 2.31. The van der Waals surface area contributed by atoms with E-state index in [9.17, 15) is 4.79 Å². The van der Waals surface area contributed by atoms with E-state index in [-0.39, 0.29) is 11.9 Å². The molecule has 0 saturated carbocycles. The molecular formula is C19H24N6O. The van der Waals surface area contributed by atoms with Gasteiger partial charge in [0.2, 0.25) is 0 Å². The molecule has 0 aliphatic carbocycles. The summed E-state index contributed by atoms with van der Waals surface area (Å²) in [5.41, 5.74) is 3.52. The molecule has 26 heavy (non-hydrogen) atoms. The number of rotatable bonds is 3. The molecule has 1 aromatic carbocycles. The van der Waals surface area contributed by atoms with E-state index >= 15 is 0 Å². The second-order valence-corrected chi connectivity index (χ2v) is 7.17. The maximum atomic E-state index is 12.9. The summed E-state index contributed by atoms with van der Waals surface area (Å²) in [6.07, 6.45) is 3.78. The average Bonchev–Trinajstić information content (AvgIpc) is 3.20. The third kappa shape index (κ3) is 3.05. The molecule has 3 aromatic rings. The van der Waals surface area contributed by atoms with Gasteiger partial charge in [-0.25, -0.2) is 0 Å². The van der Waals surface area contributed by atoms with E-state index in [1.807, 2.05) is 37.7 Å². The lowest BCUT2D eigenvalue weighted by atomic mass is 10.0. The summed E-state index contributed by atoms with van der Waals surface area (Å²) >= 11 is 0. The molecule has 0 radical (unpaired) electrons. The van der Waals surface area contributed by atoms with Crippen molar-refractivity contribution in [3.63, 3.8) is 0 Å². The Kier molecular flexibility index (Phi) is 4.14. The topological polar surface area (TPSA) is 78.8 Å². The van der Waals surface area contributed by atoms with Crippen molar-refractivity contribution in [3.8, 4) is 0 Å². The van der Waals surface area contributed by atoms with Crippen LogP contribution in [0.5, 0.6) is 0 Å². The summed E-state index contributed by atoms with van der Waals surface area (Å²) in [5, 5.41) is 15.6. The number of hydrogen-bond acceptors (Lipinski definition) is 4. The van der Waals surface area contributed by atoms with Crippen LogP contribution in [0.3, 0.4) is 0 Å². The molecule has 7 nitrogen and oxygen atoms in total. The number of aromatic amines is 1. The fraction of sp³-hybridized carbons (Fsp3) is 0.421. The number of amides is 1. The van der Waals surface area contributed by atoms with E-state index < -0.39 is 0 Å². The summed E-state index contributed by atoms with van der Waals surface area (Å²) in [5.74, 6) is 1.06. The number of benzene rings is 1. The average molecular weight is 352 g/mol. The van der Waals surface area contributed by atoms with Gasteiger partial charge in [-0.3, -0.25) is 14.6 Å². The minimum Gasteiger partial charge on any atom is -0.355 e. The van der Waals surface area contributed by atoms with E-state index in [0.717, 1.165) is 53.9 Å². The minimum absolute atomic E-state index is 0.0454. The Balaban J connectivity index is 1.52. The largest absolute Gasteiger partial charge is 0.355 e. The molecule has 1 atom stereocenters. The third-order valence-corrected chi connectivity index (χ3v) is 5.00. The number of anilines is 1. The van der Waals surface area contributed by atoms with Crippen LogP contribution in [0.15, 0.2) is 24.4 Å². The Bertz CT molecular complexity index is 956. The van der Waals surface area contributed by atoms with E-state index in [1.165, 1.54) is 0 Å². The first-order valence-corrected chi connectivity index (χ1v) is 9.01. The van der Waals surface area contributed by atoms with Gasteiger partial charge < -0.3 is 10.2 Å². The van der Waals surface area contributed by atoms with Gasteiger partial charge in [0.25, 0.3) is 5.91 Å². The van der Waals surface area contributed by atoms with E-state index in [1.54, 1.807) is 6.20 Å². The molecule has 4 rings (SSSR count). The highest BCUT2D eigenvalue weighted by Crippen LogP contribution is 2.22. The minimum atomic E-state index is -0.0454. The molecule has 2 N–H and O–H groups in total. The van der Waals surface area contributed by atoms with Crippen molar-refractivity contribution in [2.45, 2.75) is 32.7 Å². The molecule has 0 spiro atoms. The van der Waals surface area contributed by atoms with Crippen molar-refractivity contribution in [1.82, 2.24) is 25.3 Å². The molecule has 1 aliphatic rings. The quantitative estimate of drug-likeness (QED) is 0.758. The van der Waals surface area contributed by atoms with Crippen LogP contribution >= 0.6 is 0 Å². The number of nitrogens with one attached hydrogen (secondary N) is 2. The van der Waals surface area contributed by atoms with E-state index in [4.69, 9.17) is 0 Å². The van der Waals surface area contributed by atoms with Crippen LogP contribution in [0, 0.1) is 13.8 Å². The summed E-state index contributed by atoms with van der Waals surface area (Å²) in [6.45, 7) is 5.78. The van der Waals surface area contributed by atoms with Crippen LogP contribution < -0.4 is 10.2 Å². The Labute approximate surface area is 152 Å². The fourth-order valence-corrected chi connectivity index (χ4v) is 3.85. The van der Waals surface area contributed by atoms with Gasteiger partial charge in [0.1, 0.15) is 5.82 Å². The molecular weight excluding hydrogens is 328 g/mol. The maximum absolute atomic E-state index is 12.9. The molecule has 1 unspecified atom stereocenters. The normalized spacial score (nSPS) is 17.7. The maximum Gasteiger partial charge on any atom is 0.253 e. The molecule has 1 aliphatic heterocycles. The lowest BCUT2D eigenvalue weighted by molar-refractivity contribution is 0.0934. The Morgan fingerprint density at radius 3 is 2.92 bits per heavy atom. The summed E-state index contributed by atoms with van der Waals surface area (Å²) < 4.78 is 1.91. The fourth-order valence-electron chi connectivity index (χ4n) is 3.85. The van der Waals surface area contributed by atoms with Gasteiger partial charge in [0.15, 0.2) is 0 Å². The molecule has 7 heteroatoms.